The van der Waals surface area contributed by atoms with Gasteiger partial charge in [-0.05, 0) is 32.0 Å². The maximum absolute atomic E-state index is 12.9. The Balaban J connectivity index is 1.58. The predicted octanol–water partition coefficient (Wildman–Crippen LogP) is 2.81. The van der Waals surface area contributed by atoms with Gasteiger partial charge in [0.2, 0.25) is 0 Å². The molecule has 5 nitrogen and oxygen atoms in total. The molecule has 2 fully saturated rings. The van der Waals surface area contributed by atoms with E-state index in [2.05, 4.69) is 23.6 Å². The van der Waals surface area contributed by atoms with E-state index in [1.165, 1.54) is 6.07 Å². The molecule has 0 saturated carbocycles. The van der Waals surface area contributed by atoms with Gasteiger partial charge in [0.1, 0.15) is 6.07 Å². The van der Waals surface area contributed by atoms with Crippen molar-refractivity contribution in [1.82, 2.24) is 9.80 Å². The fourth-order valence-electron chi connectivity index (χ4n) is 3.86. The second-order valence-corrected chi connectivity index (χ2v) is 7.71. The number of morpholine rings is 1. The zero-order valence-electron chi connectivity index (χ0n) is 16.4. The molecule has 1 atom stereocenters. The van der Waals surface area contributed by atoms with E-state index in [4.69, 9.17) is 4.74 Å². The lowest BCUT2D eigenvalue weighted by Gasteiger charge is -2.41. The van der Waals surface area contributed by atoms with Gasteiger partial charge in [0, 0.05) is 51.9 Å². The number of hydrogen-bond acceptors (Lipinski definition) is 5. The summed E-state index contributed by atoms with van der Waals surface area (Å²) in [7, 11) is 0. The molecule has 0 radical (unpaired) electrons. The molecule has 8 heteroatoms. The van der Waals surface area contributed by atoms with E-state index in [0.717, 1.165) is 51.5 Å². The highest BCUT2D eigenvalue weighted by molar-refractivity contribution is 5.61. The summed E-state index contributed by atoms with van der Waals surface area (Å²) < 4.78 is 44.6. The molecule has 0 aliphatic carbocycles. The largest absolute Gasteiger partial charge is 0.416 e. The molecule has 154 valence electrons. The Bertz CT molecular complexity index is 708. The second kappa shape index (κ2) is 8.68. The summed E-state index contributed by atoms with van der Waals surface area (Å²) in [5, 5.41) is 9.30. The average molecular weight is 396 g/mol. The van der Waals surface area contributed by atoms with Crippen molar-refractivity contribution in [3.8, 4) is 6.07 Å². The van der Waals surface area contributed by atoms with Crippen LogP contribution in [0.1, 0.15) is 25.0 Å². The molecular formula is C20H27F3N4O. The topological polar surface area (TPSA) is 42.7 Å². The van der Waals surface area contributed by atoms with Crippen LogP contribution in [0.4, 0.5) is 18.9 Å². The third kappa shape index (κ3) is 4.96. The SMILES string of the molecule is CC(C)N1CCOC(CN2CCN(c3ccc(C(F)(F)F)cc3C#N)CC2)C1. The quantitative estimate of drug-likeness (QED) is 0.783. The van der Waals surface area contributed by atoms with Crippen molar-refractivity contribution in [3.63, 3.8) is 0 Å². The Morgan fingerprint density at radius 1 is 1.18 bits per heavy atom. The molecule has 1 unspecified atom stereocenters. The van der Waals surface area contributed by atoms with Crippen molar-refractivity contribution in [2.24, 2.45) is 0 Å². The molecule has 2 saturated heterocycles. The predicted molar refractivity (Wildman–Crippen MR) is 101 cm³/mol. The van der Waals surface area contributed by atoms with Gasteiger partial charge >= 0.3 is 6.18 Å². The Morgan fingerprint density at radius 2 is 1.89 bits per heavy atom. The second-order valence-electron chi connectivity index (χ2n) is 7.71. The first kappa shape index (κ1) is 20.9. The number of halogens is 3. The minimum atomic E-state index is -4.44. The maximum Gasteiger partial charge on any atom is 0.416 e. The van der Waals surface area contributed by atoms with Crippen molar-refractivity contribution in [2.75, 3.05) is 57.3 Å². The molecule has 1 aromatic rings. The zero-order valence-corrected chi connectivity index (χ0v) is 16.4. The molecule has 2 aliphatic rings. The highest BCUT2D eigenvalue weighted by Gasteiger charge is 2.32. The summed E-state index contributed by atoms with van der Waals surface area (Å²) in [6.45, 7) is 10.8. The number of rotatable bonds is 4. The Labute approximate surface area is 164 Å². The van der Waals surface area contributed by atoms with Crippen LogP contribution in [-0.4, -0.2) is 74.4 Å². The highest BCUT2D eigenvalue weighted by atomic mass is 19.4. The minimum absolute atomic E-state index is 0.0754. The first-order valence-corrected chi connectivity index (χ1v) is 9.72. The Hall–Kier alpha value is -1.82. The van der Waals surface area contributed by atoms with Gasteiger partial charge in [-0.3, -0.25) is 9.80 Å². The molecule has 1 aromatic carbocycles. The van der Waals surface area contributed by atoms with Crippen molar-refractivity contribution in [2.45, 2.75) is 32.2 Å². The van der Waals surface area contributed by atoms with Crippen LogP contribution in [0.3, 0.4) is 0 Å². The van der Waals surface area contributed by atoms with Gasteiger partial charge in [0.05, 0.1) is 29.5 Å². The summed E-state index contributed by atoms with van der Waals surface area (Å²) in [4.78, 5) is 6.75. The van der Waals surface area contributed by atoms with Crippen LogP contribution in [0.25, 0.3) is 0 Å². The van der Waals surface area contributed by atoms with E-state index in [1.807, 2.05) is 11.0 Å². The van der Waals surface area contributed by atoms with Crippen LogP contribution in [0, 0.1) is 11.3 Å². The summed E-state index contributed by atoms with van der Waals surface area (Å²) >= 11 is 0. The fraction of sp³-hybridized carbons (Fsp3) is 0.650. The van der Waals surface area contributed by atoms with E-state index in [-0.39, 0.29) is 11.7 Å². The molecule has 2 aliphatic heterocycles. The average Bonchev–Trinajstić information content (AvgIpc) is 2.67. The number of ether oxygens (including phenoxy) is 1. The lowest BCUT2D eigenvalue weighted by atomic mass is 10.1. The van der Waals surface area contributed by atoms with Crippen LogP contribution in [0.2, 0.25) is 0 Å². The molecule has 0 N–H and O–H groups in total. The number of alkyl halides is 3. The first-order valence-electron chi connectivity index (χ1n) is 9.72. The van der Waals surface area contributed by atoms with Crippen LogP contribution in [-0.2, 0) is 10.9 Å². The normalized spacial score (nSPS) is 22.5. The number of anilines is 1. The molecule has 0 bridgehead atoms. The van der Waals surface area contributed by atoms with Gasteiger partial charge in [-0.15, -0.1) is 0 Å². The molecule has 0 spiro atoms. The minimum Gasteiger partial charge on any atom is -0.374 e. The lowest BCUT2D eigenvalue weighted by Crippen LogP contribution is -2.53. The van der Waals surface area contributed by atoms with Crippen LogP contribution in [0.5, 0.6) is 0 Å². The van der Waals surface area contributed by atoms with Crippen molar-refractivity contribution in [3.05, 3.63) is 29.3 Å². The van der Waals surface area contributed by atoms with Crippen molar-refractivity contribution < 1.29 is 17.9 Å². The molecule has 3 rings (SSSR count). The van der Waals surface area contributed by atoms with Gasteiger partial charge in [-0.25, -0.2) is 0 Å². The first-order chi connectivity index (χ1) is 13.3. The summed E-state index contributed by atoms with van der Waals surface area (Å²) in [6, 6.07) is 5.84. The van der Waals surface area contributed by atoms with Crippen molar-refractivity contribution >= 4 is 5.69 Å². The molecule has 0 amide bonds. The maximum atomic E-state index is 12.9. The van der Waals surface area contributed by atoms with Crippen LogP contribution < -0.4 is 4.90 Å². The standard InChI is InChI=1S/C20H27F3N4O/c1-15(2)27-9-10-28-18(14-27)13-25-5-7-26(8-6-25)19-4-3-17(20(21,22)23)11-16(19)12-24/h3-4,11,15,18H,5-10,13-14H2,1-2H3. The van der Waals surface area contributed by atoms with E-state index < -0.39 is 11.7 Å². The van der Waals surface area contributed by atoms with E-state index in [1.54, 1.807) is 0 Å². The van der Waals surface area contributed by atoms with E-state index >= 15 is 0 Å². The summed E-state index contributed by atoms with van der Waals surface area (Å²) in [5.74, 6) is 0. The number of nitrogens with zero attached hydrogens (tertiary/aromatic N) is 4. The highest BCUT2D eigenvalue weighted by Crippen LogP contribution is 2.33. The smallest absolute Gasteiger partial charge is 0.374 e. The third-order valence-electron chi connectivity index (χ3n) is 5.52. The van der Waals surface area contributed by atoms with Gasteiger partial charge in [-0.1, -0.05) is 0 Å². The Morgan fingerprint density at radius 3 is 2.50 bits per heavy atom. The number of hydrogen-bond donors (Lipinski definition) is 0. The molecule has 2 heterocycles. The Kier molecular flexibility index (Phi) is 6.48. The van der Waals surface area contributed by atoms with Crippen LogP contribution in [0.15, 0.2) is 18.2 Å². The van der Waals surface area contributed by atoms with Crippen LogP contribution >= 0.6 is 0 Å². The summed E-state index contributed by atoms with van der Waals surface area (Å²) in [5.41, 5.74) is -0.128. The lowest BCUT2D eigenvalue weighted by molar-refractivity contribution is -0.137. The summed E-state index contributed by atoms with van der Waals surface area (Å²) in [6.07, 6.45) is -4.25. The van der Waals surface area contributed by atoms with Gasteiger partial charge in [0.15, 0.2) is 0 Å². The number of benzene rings is 1. The molecular weight excluding hydrogens is 369 g/mol. The molecule has 0 aromatic heterocycles. The van der Waals surface area contributed by atoms with E-state index in [0.29, 0.717) is 24.8 Å². The van der Waals surface area contributed by atoms with Gasteiger partial charge in [0.25, 0.3) is 0 Å². The molecule has 28 heavy (non-hydrogen) atoms. The van der Waals surface area contributed by atoms with Gasteiger partial charge < -0.3 is 9.64 Å². The van der Waals surface area contributed by atoms with Crippen molar-refractivity contribution in [1.29, 1.82) is 5.26 Å². The number of piperazine rings is 1. The van der Waals surface area contributed by atoms with E-state index in [9.17, 15) is 18.4 Å². The fourth-order valence-corrected chi connectivity index (χ4v) is 3.86. The number of nitriles is 1. The zero-order chi connectivity index (χ0) is 20.3. The third-order valence-corrected chi connectivity index (χ3v) is 5.52. The monoisotopic (exact) mass is 396 g/mol. The van der Waals surface area contributed by atoms with Gasteiger partial charge in [-0.2, -0.15) is 18.4 Å².